The van der Waals surface area contributed by atoms with Crippen LogP contribution in [0.25, 0.3) is 0 Å². The van der Waals surface area contributed by atoms with Gasteiger partial charge in [0.15, 0.2) is 0 Å². The lowest BCUT2D eigenvalue weighted by Gasteiger charge is -2.37. The van der Waals surface area contributed by atoms with E-state index in [0.717, 1.165) is 37.7 Å². The van der Waals surface area contributed by atoms with Crippen molar-refractivity contribution >= 4 is 30.5 Å². The zero-order valence-electron chi connectivity index (χ0n) is 24.2. The lowest BCUT2D eigenvalue weighted by molar-refractivity contribution is -0.134. The molecule has 1 aromatic rings. The number of alkyl carbamates (subject to hydrolysis) is 1. The van der Waals surface area contributed by atoms with E-state index >= 15 is 0 Å². The van der Waals surface area contributed by atoms with Crippen molar-refractivity contribution in [2.45, 2.75) is 110 Å². The minimum absolute atomic E-state index is 0.0819. The van der Waals surface area contributed by atoms with Gasteiger partial charge < -0.3 is 29.2 Å². The topological polar surface area (TPSA) is 106 Å². The molecule has 0 bridgehead atoms. The highest BCUT2D eigenvalue weighted by Gasteiger charge is 2.52. The average Bonchev–Trinajstić information content (AvgIpc) is 3.62. The van der Waals surface area contributed by atoms with Crippen molar-refractivity contribution < 1.29 is 23.6 Å². The smallest absolute Gasteiger partial charge is 0.444 e. The van der Waals surface area contributed by atoms with Gasteiger partial charge in [-0.05, 0) is 87.0 Å². The van der Waals surface area contributed by atoms with Crippen LogP contribution < -0.4 is 15.7 Å². The van der Waals surface area contributed by atoms with Gasteiger partial charge >= 0.3 is 13.2 Å². The second-order valence-electron chi connectivity index (χ2n) is 12.9. The predicted molar refractivity (Wildman–Crippen MR) is 146 cm³/mol. The second kappa shape index (κ2) is 10.6. The molecule has 0 radical (unpaired) electrons. The molecule has 2 aliphatic heterocycles. The van der Waals surface area contributed by atoms with Gasteiger partial charge in [0, 0.05) is 43.5 Å². The number of hydrogen-bond donors (Lipinski definition) is 1. The van der Waals surface area contributed by atoms with E-state index in [1.165, 1.54) is 0 Å². The maximum atomic E-state index is 13.1. The van der Waals surface area contributed by atoms with Gasteiger partial charge in [-0.15, -0.1) is 0 Å². The summed E-state index contributed by atoms with van der Waals surface area (Å²) >= 11 is 0. The normalized spacial score (nSPS) is 23.6. The number of piperidine rings is 1. The van der Waals surface area contributed by atoms with Gasteiger partial charge in [0.2, 0.25) is 11.9 Å². The van der Waals surface area contributed by atoms with E-state index in [0.29, 0.717) is 31.0 Å². The fourth-order valence-electron chi connectivity index (χ4n) is 4.87. The van der Waals surface area contributed by atoms with Gasteiger partial charge in [-0.1, -0.05) is 0 Å². The molecule has 1 N–H and O–H groups in total. The van der Waals surface area contributed by atoms with Crippen LogP contribution in [0.2, 0.25) is 0 Å². The number of ether oxygens (including phenoxy) is 1. The highest BCUT2D eigenvalue weighted by molar-refractivity contribution is 6.61. The Labute approximate surface area is 227 Å². The van der Waals surface area contributed by atoms with E-state index in [2.05, 4.69) is 10.2 Å². The highest BCUT2D eigenvalue weighted by atomic mass is 16.7. The molecule has 0 spiro atoms. The Kier molecular flexibility index (Phi) is 8.01. The van der Waals surface area contributed by atoms with Crippen LogP contribution in [0, 0.1) is 5.92 Å². The molecular formula is C27H44BN5O5. The van der Waals surface area contributed by atoms with Crippen LogP contribution in [0.15, 0.2) is 12.4 Å². The Morgan fingerprint density at radius 2 is 1.76 bits per heavy atom. The molecule has 2 atom stereocenters. The lowest BCUT2D eigenvalue weighted by Crippen LogP contribution is -2.52. The van der Waals surface area contributed by atoms with Gasteiger partial charge in [-0.25, -0.2) is 14.8 Å². The van der Waals surface area contributed by atoms with Crippen LogP contribution in [0.3, 0.4) is 0 Å². The first-order chi connectivity index (χ1) is 17.6. The first-order valence-corrected chi connectivity index (χ1v) is 13.9. The summed E-state index contributed by atoms with van der Waals surface area (Å²) in [5.41, 5.74) is -0.634. The summed E-state index contributed by atoms with van der Waals surface area (Å²) in [6.07, 6.45) is 7.24. The Hall–Kier alpha value is -2.40. The number of amides is 2. The van der Waals surface area contributed by atoms with Crippen LogP contribution in [0.1, 0.15) is 81.1 Å². The molecule has 1 saturated carbocycles. The number of aromatic nitrogens is 2. The molecule has 11 heteroatoms. The number of carbonyl (C=O) groups excluding carboxylic acids is 2. The monoisotopic (exact) mass is 529 g/mol. The van der Waals surface area contributed by atoms with Crippen molar-refractivity contribution in [1.29, 1.82) is 0 Å². The zero-order chi connectivity index (χ0) is 27.9. The fraction of sp³-hybridized carbons (Fsp3) is 0.778. The molecule has 3 heterocycles. The molecule has 4 rings (SSSR count). The van der Waals surface area contributed by atoms with Crippen molar-refractivity contribution in [3.05, 3.63) is 12.4 Å². The van der Waals surface area contributed by atoms with Crippen LogP contribution in [0.4, 0.5) is 10.7 Å². The minimum Gasteiger partial charge on any atom is -0.444 e. The third-order valence-corrected chi connectivity index (χ3v) is 7.82. The van der Waals surface area contributed by atoms with Gasteiger partial charge in [0.05, 0.1) is 11.2 Å². The quantitative estimate of drug-likeness (QED) is 0.538. The Bertz CT molecular complexity index is 992. The number of nitrogens with one attached hydrogen (secondary N) is 1. The van der Waals surface area contributed by atoms with Crippen LogP contribution in [-0.4, -0.2) is 82.5 Å². The highest BCUT2D eigenvalue weighted by Crippen LogP contribution is 2.36. The first kappa shape index (κ1) is 28.6. The van der Waals surface area contributed by atoms with E-state index in [4.69, 9.17) is 24.0 Å². The molecule has 2 amide bonds. The number of likely N-dealkylation sites (tertiary alicyclic amines) is 1. The van der Waals surface area contributed by atoms with Gasteiger partial charge in [0.1, 0.15) is 11.6 Å². The van der Waals surface area contributed by atoms with Crippen LogP contribution >= 0.6 is 0 Å². The standard InChI is InChI=1S/C27H44BN5O5/c1-18(31-24(35)36-25(2,3)4)22(34)32-13-9-10-19(16-32)17-33(21-11-12-21)23-29-14-20(15-30-23)28-37-26(5,6)27(7,8)38-28/h14-15,18-19,21H,9-13,16-17H2,1-8H3,(H,31,35)/t18-,19-/m0/s1. The largest absolute Gasteiger partial charge is 0.498 e. The SMILES string of the molecule is C[C@H](NC(=O)OC(C)(C)C)C(=O)N1CCC[C@H](CN(c2ncc(B3OC(C)(C)C(C)(C)O3)cn2)C2CC2)C1. The summed E-state index contributed by atoms with van der Waals surface area (Å²) in [6, 6.07) is -0.217. The summed E-state index contributed by atoms with van der Waals surface area (Å²) in [6.45, 7) is 17.4. The number of hydrogen-bond acceptors (Lipinski definition) is 8. The van der Waals surface area contributed by atoms with Crippen molar-refractivity contribution in [2.24, 2.45) is 5.92 Å². The van der Waals surface area contributed by atoms with E-state index in [-0.39, 0.29) is 5.91 Å². The summed E-state index contributed by atoms with van der Waals surface area (Å²) in [4.78, 5) is 38.8. The van der Waals surface area contributed by atoms with Crippen molar-refractivity contribution in [3.8, 4) is 0 Å². The molecule has 1 aliphatic carbocycles. The van der Waals surface area contributed by atoms with Crippen LogP contribution in [-0.2, 0) is 18.8 Å². The van der Waals surface area contributed by atoms with Gasteiger partial charge in [0.25, 0.3) is 0 Å². The van der Waals surface area contributed by atoms with Gasteiger partial charge in [-0.3, -0.25) is 4.79 Å². The average molecular weight is 529 g/mol. The molecule has 3 aliphatic rings. The minimum atomic E-state index is -0.644. The summed E-state index contributed by atoms with van der Waals surface area (Å²) in [7, 11) is -0.488. The molecular weight excluding hydrogens is 485 g/mol. The van der Waals surface area contributed by atoms with E-state index < -0.39 is 36.1 Å². The third kappa shape index (κ3) is 6.78. The lowest BCUT2D eigenvalue weighted by atomic mass is 9.81. The summed E-state index contributed by atoms with van der Waals surface area (Å²) in [5, 5.41) is 2.68. The van der Waals surface area contributed by atoms with Crippen molar-refractivity contribution in [1.82, 2.24) is 20.2 Å². The summed E-state index contributed by atoms with van der Waals surface area (Å²) in [5.74, 6) is 0.922. The summed E-state index contributed by atoms with van der Waals surface area (Å²) < 4.78 is 17.6. The van der Waals surface area contributed by atoms with E-state index in [1.807, 2.05) is 32.6 Å². The first-order valence-electron chi connectivity index (χ1n) is 13.9. The molecule has 0 aromatic carbocycles. The predicted octanol–water partition coefficient (Wildman–Crippen LogP) is 2.90. The third-order valence-electron chi connectivity index (χ3n) is 7.82. The van der Waals surface area contributed by atoms with Crippen LogP contribution in [0.5, 0.6) is 0 Å². The molecule has 1 aromatic heterocycles. The Balaban J connectivity index is 1.36. The molecule has 38 heavy (non-hydrogen) atoms. The zero-order valence-corrected chi connectivity index (χ0v) is 24.2. The number of nitrogens with zero attached hydrogens (tertiary/aromatic N) is 4. The van der Waals surface area contributed by atoms with Gasteiger partial charge in [-0.2, -0.15) is 0 Å². The molecule has 3 fully saturated rings. The number of carbonyl (C=O) groups is 2. The second-order valence-corrected chi connectivity index (χ2v) is 12.9. The Morgan fingerprint density at radius 3 is 2.32 bits per heavy atom. The van der Waals surface area contributed by atoms with Crippen molar-refractivity contribution in [3.63, 3.8) is 0 Å². The number of rotatable bonds is 7. The van der Waals surface area contributed by atoms with E-state index in [9.17, 15) is 9.59 Å². The maximum Gasteiger partial charge on any atom is 0.498 e. The number of anilines is 1. The van der Waals surface area contributed by atoms with Crippen molar-refractivity contribution in [2.75, 3.05) is 24.5 Å². The molecule has 2 saturated heterocycles. The fourth-order valence-corrected chi connectivity index (χ4v) is 4.87. The maximum absolute atomic E-state index is 13.1. The molecule has 0 unspecified atom stereocenters. The Morgan fingerprint density at radius 1 is 1.16 bits per heavy atom. The molecule has 10 nitrogen and oxygen atoms in total. The molecule has 210 valence electrons. The van der Waals surface area contributed by atoms with E-state index in [1.54, 1.807) is 40.1 Å².